The van der Waals surface area contributed by atoms with Crippen LogP contribution in [0.25, 0.3) is 10.9 Å². The van der Waals surface area contributed by atoms with Crippen LogP contribution in [-0.4, -0.2) is 57.3 Å². The number of carbonyl (C=O) groups is 2. The molecule has 1 aromatic carbocycles. The second-order valence-electron chi connectivity index (χ2n) is 9.69. The summed E-state index contributed by atoms with van der Waals surface area (Å²) in [6, 6.07) is 7.39. The van der Waals surface area contributed by atoms with Crippen molar-refractivity contribution in [2.45, 2.75) is 70.8 Å². The number of hydrogen-bond acceptors (Lipinski definition) is 4. The number of aromatic amines is 1. The highest BCUT2D eigenvalue weighted by molar-refractivity contribution is 7.71. The highest BCUT2D eigenvalue weighted by atomic mass is 32.1. The molecular weight excluding hydrogens is 448 g/mol. The molecule has 0 bridgehead atoms. The molecule has 1 aromatic heterocycles. The molecule has 2 aromatic rings. The van der Waals surface area contributed by atoms with Gasteiger partial charge in [0.25, 0.3) is 5.56 Å². The quantitative estimate of drug-likeness (QED) is 0.426. The molecule has 1 aliphatic heterocycles. The van der Waals surface area contributed by atoms with E-state index in [4.69, 9.17) is 12.2 Å². The molecule has 34 heavy (non-hydrogen) atoms. The fourth-order valence-electron chi connectivity index (χ4n) is 5.27. The molecule has 2 amide bonds. The molecule has 1 N–H and O–H groups in total. The van der Waals surface area contributed by atoms with Gasteiger partial charge in [-0.1, -0.05) is 44.2 Å². The molecule has 0 radical (unpaired) electrons. The van der Waals surface area contributed by atoms with Crippen molar-refractivity contribution in [3.8, 4) is 0 Å². The monoisotopic (exact) mass is 484 g/mol. The number of piperazine rings is 1. The van der Waals surface area contributed by atoms with Gasteiger partial charge in [-0.2, -0.15) is 0 Å². The molecule has 1 saturated heterocycles. The van der Waals surface area contributed by atoms with Crippen molar-refractivity contribution >= 4 is 34.9 Å². The molecule has 7 nitrogen and oxygen atoms in total. The standard InChI is InChI=1S/C26H36N4O3S/c31-23(28-16-18-29(19-17-28)24(32)14-13-20-8-3-4-9-20)12-2-1-7-15-30-25(33)21-10-5-6-11-22(21)27-26(30)34/h5-6,10-11,20H,1-4,7-9,12-19H2,(H,27,34). The van der Waals surface area contributed by atoms with Gasteiger partial charge < -0.3 is 14.8 Å². The topological polar surface area (TPSA) is 78.4 Å². The molecule has 8 heteroatoms. The molecule has 184 valence electrons. The third-order valence-corrected chi connectivity index (χ3v) is 7.71. The fraction of sp³-hybridized carbons (Fsp3) is 0.615. The summed E-state index contributed by atoms with van der Waals surface area (Å²) in [5.74, 6) is 1.15. The zero-order chi connectivity index (χ0) is 23.9. The lowest BCUT2D eigenvalue weighted by Crippen LogP contribution is -2.50. The predicted octanol–water partition coefficient (Wildman–Crippen LogP) is 4.26. The van der Waals surface area contributed by atoms with E-state index in [-0.39, 0.29) is 17.4 Å². The number of nitrogens with one attached hydrogen (secondary N) is 1. The molecule has 2 fully saturated rings. The molecule has 2 aliphatic rings. The van der Waals surface area contributed by atoms with Crippen molar-refractivity contribution < 1.29 is 9.59 Å². The molecule has 0 unspecified atom stereocenters. The summed E-state index contributed by atoms with van der Waals surface area (Å²) in [7, 11) is 0. The predicted molar refractivity (Wildman–Crippen MR) is 136 cm³/mol. The van der Waals surface area contributed by atoms with Crippen LogP contribution in [0.5, 0.6) is 0 Å². The molecule has 1 aliphatic carbocycles. The maximum Gasteiger partial charge on any atom is 0.262 e. The van der Waals surface area contributed by atoms with Crippen LogP contribution < -0.4 is 5.56 Å². The maximum atomic E-state index is 12.7. The van der Waals surface area contributed by atoms with Crippen molar-refractivity contribution in [1.29, 1.82) is 0 Å². The number of carbonyl (C=O) groups excluding carboxylic acids is 2. The van der Waals surface area contributed by atoms with Gasteiger partial charge in [0.05, 0.1) is 10.9 Å². The molecule has 0 atom stereocenters. The van der Waals surface area contributed by atoms with Crippen LogP contribution in [0.4, 0.5) is 0 Å². The first kappa shape index (κ1) is 24.6. The zero-order valence-electron chi connectivity index (χ0n) is 20.0. The summed E-state index contributed by atoms with van der Waals surface area (Å²) in [6.07, 6.45) is 9.82. The smallest absolute Gasteiger partial charge is 0.262 e. The Morgan fingerprint density at radius 2 is 1.56 bits per heavy atom. The van der Waals surface area contributed by atoms with Crippen molar-refractivity contribution in [1.82, 2.24) is 19.4 Å². The number of unbranched alkanes of at least 4 members (excludes halogenated alkanes) is 2. The van der Waals surface area contributed by atoms with Crippen LogP contribution in [0, 0.1) is 10.7 Å². The Bertz CT molecular complexity index is 1110. The number of benzene rings is 1. The van der Waals surface area contributed by atoms with Crippen LogP contribution in [0.2, 0.25) is 0 Å². The summed E-state index contributed by atoms with van der Waals surface area (Å²) in [6.45, 7) is 3.12. The number of hydrogen-bond donors (Lipinski definition) is 1. The molecular formula is C26H36N4O3S. The van der Waals surface area contributed by atoms with E-state index in [1.807, 2.05) is 28.0 Å². The lowest BCUT2D eigenvalue weighted by molar-refractivity contribution is -0.139. The van der Waals surface area contributed by atoms with Crippen LogP contribution in [-0.2, 0) is 16.1 Å². The van der Waals surface area contributed by atoms with Crippen molar-refractivity contribution in [2.24, 2.45) is 5.92 Å². The SMILES string of the molecule is O=C(CCCCCn1c(=S)[nH]c2ccccc2c1=O)N1CCN(C(=O)CCC2CCCC2)CC1. The van der Waals surface area contributed by atoms with Gasteiger partial charge in [-0.05, 0) is 49.5 Å². The Morgan fingerprint density at radius 1 is 0.912 bits per heavy atom. The normalized spacial score (nSPS) is 16.9. The fourth-order valence-corrected chi connectivity index (χ4v) is 5.56. The van der Waals surface area contributed by atoms with Gasteiger partial charge in [-0.25, -0.2) is 0 Å². The van der Waals surface area contributed by atoms with Crippen molar-refractivity contribution in [3.05, 3.63) is 39.4 Å². The van der Waals surface area contributed by atoms with Crippen LogP contribution in [0.1, 0.15) is 64.2 Å². The van der Waals surface area contributed by atoms with Gasteiger partial charge >= 0.3 is 0 Å². The summed E-state index contributed by atoms with van der Waals surface area (Å²) >= 11 is 5.36. The highest BCUT2D eigenvalue weighted by Gasteiger charge is 2.24. The Balaban J connectivity index is 1.14. The van der Waals surface area contributed by atoms with E-state index < -0.39 is 0 Å². The Morgan fingerprint density at radius 3 is 2.26 bits per heavy atom. The van der Waals surface area contributed by atoms with Gasteiger partial charge in [-0.3, -0.25) is 19.0 Å². The summed E-state index contributed by atoms with van der Waals surface area (Å²) in [5, 5.41) is 0.641. The van der Waals surface area contributed by atoms with E-state index in [1.165, 1.54) is 25.7 Å². The average molecular weight is 485 g/mol. The number of rotatable bonds is 9. The summed E-state index contributed by atoms with van der Waals surface area (Å²) < 4.78 is 2.05. The highest BCUT2D eigenvalue weighted by Crippen LogP contribution is 2.28. The summed E-state index contributed by atoms with van der Waals surface area (Å²) in [5.41, 5.74) is 0.695. The third kappa shape index (κ3) is 6.14. The van der Waals surface area contributed by atoms with Crippen LogP contribution >= 0.6 is 12.2 Å². The second-order valence-corrected chi connectivity index (χ2v) is 10.1. The third-order valence-electron chi connectivity index (χ3n) is 7.39. The number of nitrogens with zero attached hydrogens (tertiary/aromatic N) is 3. The van der Waals surface area contributed by atoms with E-state index in [0.29, 0.717) is 55.7 Å². The Hall–Kier alpha value is -2.48. The van der Waals surface area contributed by atoms with E-state index >= 15 is 0 Å². The first-order valence-corrected chi connectivity index (χ1v) is 13.2. The Labute approximate surface area is 206 Å². The lowest BCUT2D eigenvalue weighted by Gasteiger charge is -2.35. The minimum Gasteiger partial charge on any atom is -0.339 e. The summed E-state index contributed by atoms with van der Waals surface area (Å²) in [4.78, 5) is 44.8. The number of para-hydroxylation sites is 1. The van der Waals surface area contributed by atoms with Crippen molar-refractivity contribution in [3.63, 3.8) is 0 Å². The first-order chi connectivity index (χ1) is 16.5. The van der Waals surface area contributed by atoms with Gasteiger partial charge in [0.15, 0.2) is 4.77 Å². The number of aromatic nitrogens is 2. The van der Waals surface area contributed by atoms with Gasteiger partial charge in [-0.15, -0.1) is 0 Å². The van der Waals surface area contributed by atoms with Crippen LogP contribution in [0.3, 0.4) is 0 Å². The van der Waals surface area contributed by atoms with Gasteiger partial charge in [0.1, 0.15) is 0 Å². The van der Waals surface area contributed by atoms with E-state index in [9.17, 15) is 14.4 Å². The number of fused-ring (bicyclic) bond motifs is 1. The molecule has 2 heterocycles. The molecule has 0 spiro atoms. The number of amides is 2. The molecule has 4 rings (SSSR count). The zero-order valence-corrected chi connectivity index (χ0v) is 20.8. The van der Waals surface area contributed by atoms with Gasteiger partial charge in [0.2, 0.25) is 11.8 Å². The largest absolute Gasteiger partial charge is 0.339 e. The van der Waals surface area contributed by atoms with E-state index in [1.54, 1.807) is 10.6 Å². The Kier molecular flexibility index (Phi) is 8.53. The van der Waals surface area contributed by atoms with Gasteiger partial charge in [0, 0.05) is 45.6 Å². The minimum absolute atomic E-state index is 0.0638. The van der Waals surface area contributed by atoms with E-state index in [2.05, 4.69) is 4.98 Å². The number of H-pyrrole nitrogens is 1. The van der Waals surface area contributed by atoms with E-state index in [0.717, 1.165) is 37.1 Å². The minimum atomic E-state index is -0.0638. The second kappa shape index (κ2) is 11.8. The maximum absolute atomic E-state index is 12.7. The molecule has 1 saturated carbocycles. The van der Waals surface area contributed by atoms with Crippen molar-refractivity contribution in [2.75, 3.05) is 26.2 Å². The first-order valence-electron chi connectivity index (χ1n) is 12.8. The lowest BCUT2D eigenvalue weighted by atomic mass is 10.0. The van der Waals surface area contributed by atoms with Crippen LogP contribution in [0.15, 0.2) is 29.1 Å². The average Bonchev–Trinajstić information content (AvgIpc) is 3.38.